The third-order valence-electron chi connectivity index (χ3n) is 2.61. The van der Waals surface area contributed by atoms with Crippen LogP contribution in [-0.4, -0.2) is 26.1 Å². The van der Waals surface area contributed by atoms with Crippen molar-refractivity contribution in [3.8, 4) is 0 Å². The van der Waals surface area contributed by atoms with Gasteiger partial charge in [-0.05, 0) is 37.0 Å². The molecule has 100 valence electrons. The van der Waals surface area contributed by atoms with Gasteiger partial charge in [-0.3, -0.25) is 4.99 Å². The second-order valence-electron chi connectivity index (χ2n) is 4.16. The molecule has 0 heterocycles. The summed E-state index contributed by atoms with van der Waals surface area (Å²) in [4.78, 5) is 4.16. The molecule has 0 radical (unpaired) electrons. The summed E-state index contributed by atoms with van der Waals surface area (Å²) < 4.78 is 0. The van der Waals surface area contributed by atoms with Crippen molar-refractivity contribution in [3.63, 3.8) is 0 Å². The van der Waals surface area contributed by atoms with Gasteiger partial charge in [-0.25, -0.2) is 0 Å². The molecule has 0 atom stereocenters. The molecule has 0 unspecified atom stereocenters. The second kappa shape index (κ2) is 8.81. The van der Waals surface area contributed by atoms with E-state index in [9.17, 15) is 0 Å². The van der Waals surface area contributed by atoms with Gasteiger partial charge in [0.05, 0.1) is 0 Å². The van der Waals surface area contributed by atoms with Crippen molar-refractivity contribution in [2.75, 3.05) is 20.1 Å². The van der Waals surface area contributed by atoms with Gasteiger partial charge in [0.15, 0.2) is 5.96 Å². The maximum Gasteiger partial charge on any atom is 0.190 e. The van der Waals surface area contributed by atoms with Crippen molar-refractivity contribution in [2.24, 2.45) is 4.99 Å². The van der Waals surface area contributed by atoms with Crippen LogP contribution in [0.3, 0.4) is 0 Å². The molecule has 0 aliphatic heterocycles. The summed E-state index contributed by atoms with van der Waals surface area (Å²) >= 11 is 5.85. The molecule has 4 heteroatoms. The predicted octanol–water partition coefficient (Wildman–Crippen LogP) is 2.85. The Kier molecular flexibility index (Phi) is 7.26. The van der Waals surface area contributed by atoms with E-state index in [0.717, 1.165) is 43.3 Å². The number of rotatable bonds is 6. The van der Waals surface area contributed by atoms with Crippen LogP contribution in [0.5, 0.6) is 0 Å². The summed E-state index contributed by atoms with van der Waals surface area (Å²) in [6, 6.07) is 8.02. The Labute approximate surface area is 115 Å². The number of nitrogens with one attached hydrogen (secondary N) is 2. The first kappa shape index (κ1) is 14.8. The molecule has 0 saturated carbocycles. The van der Waals surface area contributed by atoms with E-state index >= 15 is 0 Å². The lowest BCUT2D eigenvalue weighted by Crippen LogP contribution is -2.38. The summed E-state index contributed by atoms with van der Waals surface area (Å²) in [6.45, 7) is 4.02. The van der Waals surface area contributed by atoms with E-state index < -0.39 is 0 Å². The number of hydrogen-bond acceptors (Lipinski definition) is 1. The van der Waals surface area contributed by atoms with E-state index in [2.05, 4.69) is 34.7 Å². The van der Waals surface area contributed by atoms with E-state index in [0.29, 0.717) is 0 Å². The molecule has 1 aromatic rings. The van der Waals surface area contributed by atoms with Gasteiger partial charge in [-0.2, -0.15) is 0 Å². The van der Waals surface area contributed by atoms with Crippen LogP contribution in [0.1, 0.15) is 25.3 Å². The molecule has 0 saturated heterocycles. The first-order valence-corrected chi connectivity index (χ1v) is 6.83. The molecule has 0 aliphatic carbocycles. The first-order chi connectivity index (χ1) is 8.76. The lowest BCUT2D eigenvalue weighted by atomic mass is 10.1. The number of benzene rings is 1. The minimum atomic E-state index is 0.793. The SMILES string of the molecule is CCCNC(=NC)NCCCc1ccc(Cl)cc1. The van der Waals surface area contributed by atoms with Gasteiger partial charge in [-0.15, -0.1) is 0 Å². The van der Waals surface area contributed by atoms with Gasteiger partial charge in [0.1, 0.15) is 0 Å². The molecule has 0 bridgehead atoms. The molecule has 0 amide bonds. The standard InChI is InChI=1S/C14H22ClN3/c1-3-10-17-14(16-2)18-11-4-5-12-6-8-13(15)9-7-12/h6-9H,3-5,10-11H2,1-2H3,(H2,16,17,18). The highest BCUT2D eigenvalue weighted by Crippen LogP contribution is 2.10. The zero-order chi connectivity index (χ0) is 13.2. The highest BCUT2D eigenvalue weighted by atomic mass is 35.5. The lowest BCUT2D eigenvalue weighted by Gasteiger charge is -2.10. The molecule has 0 aromatic heterocycles. The summed E-state index contributed by atoms with van der Waals surface area (Å²) in [5.74, 6) is 0.882. The van der Waals surface area contributed by atoms with Crippen LogP contribution in [0.4, 0.5) is 0 Å². The second-order valence-corrected chi connectivity index (χ2v) is 4.59. The van der Waals surface area contributed by atoms with E-state index in [1.807, 2.05) is 12.1 Å². The van der Waals surface area contributed by atoms with Crippen LogP contribution in [0.15, 0.2) is 29.3 Å². The van der Waals surface area contributed by atoms with Crippen molar-refractivity contribution in [1.82, 2.24) is 10.6 Å². The van der Waals surface area contributed by atoms with E-state index in [1.54, 1.807) is 7.05 Å². The van der Waals surface area contributed by atoms with Crippen LogP contribution in [0.2, 0.25) is 5.02 Å². The Hall–Kier alpha value is -1.22. The van der Waals surface area contributed by atoms with Crippen molar-refractivity contribution in [1.29, 1.82) is 0 Å². The third kappa shape index (κ3) is 5.92. The fourth-order valence-corrected chi connectivity index (χ4v) is 1.74. The number of halogens is 1. The molecular formula is C14H22ClN3. The average molecular weight is 268 g/mol. The third-order valence-corrected chi connectivity index (χ3v) is 2.87. The molecule has 3 nitrogen and oxygen atoms in total. The van der Waals surface area contributed by atoms with Crippen LogP contribution in [0, 0.1) is 0 Å². The van der Waals surface area contributed by atoms with Crippen molar-refractivity contribution in [2.45, 2.75) is 26.2 Å². The quantitative estimate of drug-likeness (QED) is 0.472. The number of hydrogen-bond donors (Lipinski definition) is 2. The molecule has 18 heavy (non-hydrogen) atoms. The maximum atomic E-state index is 5.85. The first-order valence-electron chi connectivity index (χ1n) is 6.45. The van der Waals surface area contributed by atoms with Crippen LogP contribution >= 0.6 is 11.6 Å². The fraction of sp³-hybridized carbons (Fsp3) is 0.500. The van der Waals surface area contributed by atoms with Gasteiger partial charge in [0, 0.05) is 25.2 Å². The Balaban J connectivity index is 2.19. The minimum absolute atomic E-state index is 0.793. The van der Waals surface area contributed by atoms with Gasteiger partial charge in [0.25, 0.3) is 0 Å². The van der Waals surface area contributed by atoms with E-state index in [4.69, 9.17) is 11.6 Å². The van der Waals surface area contributed by atoms with Crippen molar-refractivity contribution >= 4 is 17.6 Å². The van der Waals surface area contributed by atoms with Crippen molar-refractivity contribution < 1.29 is 0 Å². The van der Waals surface area contributed by atoms with Crippen molar-refractivity contribution in [3.05, 3.63) is 34.9 Å². The van der Waals surface area contributed by atoms with E-state index in [-0.39, 0.29) is 0 Å². The molecule has 1 rings (SSSR count). The zero-order valence-electron chi connectivity index (χ0n) is 11.2. The van der Waals surface area contributed by atoms with Crippen LogP contribution in [-0.2, 0) is 6.42 Å². The number of aliphatic imine (C=N–C) groups is 1. The Morgan fingerprint density at radius 2 is 1.83 bits per heavy atom. The normalized spacial score (nSPS) is 11.4. The van der Waals surface area contributed by atoms with Crippen LogP contribution in [0.25, 0.3) is 0 Å². The van der Waals surface area contributed by atoms with Gasteiger partial charge >= 0.3 is 0 Å². The Morgan fingerprint density at radius 1 is 1.17 bits per heavy atom. The smallest absolute Gasteiger partial charge is 0.190 e. The summed E-state index contributed by atoms with van der Waals surface area (Å²) in [7, 11) is 1.80. The molecule has 0 spiro atoms. The zero-order valence-corrected chi connectivity index (χ0v) is 11.9. The number of guanidine groups is 1. The highest BCUT2D eigenvalue weighted by molar-refractivity contribution is 6.30. The minimum Gasteiger partial charge on any atom is -0.356 e. The summed E-state index contributed by atoms with van der Waals surface area (Å²) in [6.07, 6.45) is 3.23. The monoisotopic (exact) mass is 267 g/mol. The topological polar surface area (TPSA) is 36.4 Å². The lowest BCUT2D eigenvalue weighted by molar-refractivity contribution is 0.735. The summed E-state index contributed by atoms with van der Waals surface area (Å²) in [5.41, 5.74) is 1.32. The summed E-state index contributed by atoms with van der Waals surface area (Å²) in [5, 5.41) is 7.34. The molecule has 1 aromatic carbocycles. The number of aryl methyl sites for hydroxylation is 1. The van der Waals surface area contributed by atoms with Gasteiger partial charge in [-0.1, -0.05) is 30.7 Å². The van der Waals surface area contributed by atoms with Crippen LogP contribution < -0.4 is 10.6 Å². The molecular weight excluding hydrogens is 246 g/mol. The van der Waals surface area contributed by atoms with Gasteiger partial charge < -0.3 is 10.6 Å². The fourth-order valence-electron chi connectivity index (χ4n) is 1.61. The Bertz CT molecular complexity index is 360. The maximum absolute atomic E-state index is 5.85. The average Bonchev–Trinajstić information content (AvgIpc) is 2.40. The molecule has 0 aliphatic rings. The predicted molar refractivity (Wildman–Crippen MR) is 79.4 cm³/mol. The number of nitrogens with zero attached hydrogens (tertiary/aromatic N) is 1. The molecule has 0 fully saturated rings. The van der Waals surface area contributed by atoms with Gasteiger partial charge in [0.2, 0.25) is 0 Å². The highest BCUT2D eigenvalue weighted by Gasteiger charge is 1.96. The molecule has 2 N–H and O–H groups in total. The largest absolute Gasteiger partial charge is 0.356 e. The van der Waals surface area contributed by atoms with E-state index in [1.165, 1.54) is 5.56 Å². The Morgan fingerprint density at radius 3 is 2.44 bits per heavy atom.